The maximum atomic E-state index is 8.78. The smallest absolute Gasteiger partial charge is 0.402 e. The molecule has 0 atom stereocenters. The van der Waals surface area contributed by atoms with Crippen LogP contribution in [0.5, 0.6) is 0 Å². The van der Waals surface area contributed by atoms with Crippen LogP contribution in [0.2, 0.25) is 0 Å². The van der Waals surface area contributed by atoms with Gasteiger partial charge in [0, 0.05) is 33.2 Å². The average Bonchev–Trinajstić information content (AvgIpc) is 3.53. The molecule has 0 spiro atoms. The molecule has 5 N–H and O–H groups in total. The fraction of sp³-hybridized carbons (Fsp3) is 0. The van der Waals surface area contributed by atoms with E-state index in [9.17, 15) is 0 Å². The molecule has 0 saturated heterocycles. The van der Waals surface area contributed by atoms with Gasteiger partial charge in [-0.1, -0.05) is 24.3 Å². The number of nitrogens with zero attached hydrogens (tertiary/aromatic N) is 2. The first kappa shape index (κ1) is 19.3. The number of aromatic nitrogens is 4. The van der Waals surface area contributed by atoms with Crippen molar-refractivity contribution in [1.82, 2.24) is 19.9 Å². The number of hydrogen-bond acceptors (Lipinski definition) is 3. The minimum Gasteiger partial charge on any atom is -0.465 e. The van der Waals surface area contributed by atoms with Crippen LogP contribution in [-0.2, 0) is 0 Å². The molecule has 156 valence electrons. The fourth-order valence-corrected chi connectivity index (χ4v) is 3.77. The molecule has 3 aromatic heterocycles. The molecule has 0 saturated carbocycles. The van der Waals surface area contributed by atoms with E-state index in [1.54, 1.807) is 0 Å². The number of rotatable bonds is 0. The van der Waals surface area contributed by atoms with Crippen molar-refractivity contribution < 1.29 is 9.90 Å². The van der Waals surface area contributed by atoms with Gasteiger partial charge in [-0.2, -0.15) is 0 Å². The average molecular weight is 421 g/mol. The van der Waals surface area contributed by atoms with Gasteiger partial charge in [0.25, 0.3) is 0 Å². The second kappa shape index (κ2) is 7.88. The molecule has 5 heterocycles. The van der Waals surface area contributed by atoms with Crippen LogP contribution in [-0.4, -0.2) is 31.1 Å². The Morgan fingerprint density at radius 3 is 1.75 bits per heavy atom. The molecule has 6 rings (SSSR count). The van der Waals surface area contributed by atoms with E-state index in [1.807, 2.05) is 12.2 Å². The van der Waals surface area contributed by atoms with E-state index in [-0.39, 0.29) is 0 Å². The number of H-pyrrole nitrogens is 2. The van der Waals surface area contributed by atoms with E-state index >= 15 is 0 Å². The second-order valence-electron chi connectivity index (χ2n) is 7.38. The fourth-order valence-electron chi connectivity index (χ4n) is 3.77. The van der Waals surface area contributed by atoms with Crippen LogP contribution in [0.15, 0.2) is 72.8 Å². The van der Waals surface area contributed by atoms with Crippen molar-refractivity contribution in [2.75, 3.05) is 0 Å². The van der Waals surface area contributed by atoms with Crippen LogP contribution in [0.4, 0.5) is 4.79 Å². The highest BCUT2D eigenvalue weighted by molar-refractivity contribution is 5.87. The van der Waals surface area contributed by atoms with Gasteiger partial charge in [-0.15, -0.1) is 0 Å². The quantitative estimate of drug-likeness (QED) is 0.261. The van der Waals surface area contributed by atoms with Gasteiger partial charge in [0.1, 0.15) is 0 Å². The number of carboxylic acid groups (broad SMARTS) is 1. The highest BCUT2D eigenvalue weighted by Crippen LogP contribution is 2.35. The number of benzene rings is 1. The molecule has 0 fully saturated rings. The zero-order chi connectivity index (χ0) is 22.1. The van der Waals surface area contributed by atoms with Gasteiger partial charge in [0.05, 0.1) is 22.8 Å². The molecule has 32 heavy (non-hydrogen) atoms. The van der Waals surface area contributed by atoms with Crippen LogP contribution < -0.4 is 5.73 Å². The predicted octanol–water partition coefficient (Wildman–Crippen LogP) is 5.44. The van der Waals surface area contributed by atoms with E-state index in [0.29, 0.717) is 0 Å². The van der Waals surface area contributed by atoms with Crippen molar-refractivity contribution in [3.05, 3.63) is 84.2 Å². The number of primary amides is 1. The summed E-state index contributed by atoms with van der Waals surface area (Å²) in [7, 11) is 0. The number of hydrogen-bond donors (Lipinski definition) is 4. The summed E-state index contributed by atoms with van der Waals surface area (Å²) in [6, 6.07) is 24.9. The van der Waals surface area contributed by atoms with Gasteiger partial charge in [0.2, 0.25) is 0 Å². The summed E-state index contributed by atoms with van der Waals surface area (Å²) >= 11 is 0. The van der Waals surface area contributed by atoms with E-state index in [4.69, 9.17) is 19.9 Å². The normalized spacial score (nSPS) is 11.4. The molecule has 0 radical (unpaired) electrons. The Morgan fingerprint density at radius 1 is 0.688 bits per heavy atom. The van der Waals surface area contributed by atoms with Crippen molar-refractivity contribution >= 4 is 40.3 Å². The SMILES string of the molecule is C1=Cc2cc3ccc(cc4ccc(cc5nc(cc1n2)-c1ccccc1-5)[nH]4)[nH]3.NC(=O)O. The summed E-state index contributed by atoms with van der Waals surface area (Å²) in [4.78, 5) is 25.3. The lowest BCUT2D eigenvalue weighted by molar-refractivity contribution is 0.205. The Bertz CT molecular complexity index is 1520. The van der Waals surface area contributed by atoms with Crippen LogP contribution >= 0.6 is 0 Å². The highest BCUT2D eigenvalue weighted by Gasteiger charge is 2.15. The minimum absolute atomic E-state index is 0.911. The molecule has 7 heteroatoms. The first-order chi connectivity index (χ1) is 15.5. The summed E-state index contributed by atoms with van der Waals surface area (Å²) in [6.45, 7) is 0. The lowest BCUT2D eigenvalue weighted by atomic mass is 10.0. The van der Waals surface area contributed by atoms with E-state index in [0.717, 1.165) is 56.0 Å². The number of nitrogens with two attached hydrogens (primary N) is 1. The highest BCUT2D eigenvalue weighted by atomic mass is 16.4. The third-order valence-corrected chi connectivity index (χ3v) is 5.06. The van der Waals surface area contributed by atoms with Crippen molar-refractivity contribution in [3.63, 3.8) is 0 Å². The lowest BCUT2D eigenvalue weighted by Crippen LogP contribution is -2.03. The van der Waals surface area contributed by atoms with Crippen LogP contribution in [0, 0.1) is 0 Å². The molecule has 0 unspecified atom stereocenters. The first-order valence-electron chi connectivity index (χ1n) is 9.98. The van der Waals surface area contributed by atoms with Crippen molar-refractivity contribution in [2.24, 2.45) is 5.73 Å². The molecular weight excluding hydrogens is 402 g/mol. The molecule has 4 aromatic rings. The lowest BCUT2D eigenvalue weighted by Gasteiger charge is -1.97. The summed E-state index contributed by atoms with van der Waals surface area (Å²) in [5.41, 5.74) is 14.2. The monoisotopic (exact) mass is 421 g/mol. The molecule has 2 aliphatic heterocycles. The Morgan fingerprint density at radius 2 is 1.16 bits per heavy atom. The van der Waals surface area contributed by atoms with E-state index in [1.165, 1.54) is 0 Å². The van der Waals surface area contributed by atoms with Gasteiger partial charge >= 0.3 is 6.09 Å². The Labute approximate surface area is 182 Å². The van der Waals surface area contributed by atoms with Gasteiger partial charge in [-0.3, -0.25) is 0 Å². The number of aromatic amines is 2. The zero-order valence-electron chi connectivity index (χ0n) is 16.9. The van der Waals surface area contributed by atoms with Crippen molar-refractivity contribution in [1.29, 1.82) is 0 Å². The number of carbonyl (C=O) groups is 1. The zero-order valence-corrected chi connectivity index (χ0v) is 16.9. The predicted molar refractivity (Wildman–Crippen MR) is 127 cm³/mol. The summed E-state index contributed by atoms with van der Waals surface area (Å²) in [5, 5.41) is 7.19. The largest absolute Gasteiger partial charge is 0.465 e. The molecule has 2 aliphatic rings. The van der Waals surface area contributed by atoms with E-state index in [2.05, 4.69) is 88.5 Å². The second-order valence-corrected chi connectivity index (χ2v) is 7.38. The Hall–Kier alpha value is -4.65. The van der Waals surface area contributed by atoms with Gasteiger partial charge in [0.15, 0.2) is 0 Å². The summed E-state index contributed by atoms with van der Waals surface area (Å²) in [5.74, 6) is 0. The topological polar surface area (TPSA) is 121 Å². The molecule has 0 aliphatic carbocycles. The standard InChI is InChI=1S/C24H16N4.CH3NO2/c1-2-4-22-21(3-1)23-13-19-9-7-17(26-19)11-15-5-6-16(25-15)12-18-8-10-20(27-18)14-24(22)28-23;2-1(3)4/h1-14,25-26H;2H2,(H,3,4). The van der Waals surface area contributed by atoms with Gasteiger partial charge in [-0.25, -0.2) is 14.8 Å². The molecule has 1 aromatic carbocycles. The maximum Gasteiger partial charge on any atom is 0.402 e. The molecule has 7 nitrogen and oxygen atoms in total. The Balaban J connectivity index is 0.000000501. The minimum atomic E-state index is -1.33. The van der Waals surface area contributed by atoms with Gasteiger partial charge in [-0.05, 0) is 60.7 Å². The summed E-state index contributed by atoms with van der Waals surface area (Å²) < 4.78 is 0. The third-order valence-electron chi connectivity index (χ3n) is 5.06. The Kier molecular flexibility index (Phi) is 4.76. The summed E-state index contributed by atoms with van der Waals surface area (Å²) in [6.07, 6.45) is 2.73. The van der Waals surface area contributed by atoms with Crippen LogP contribution in [0.25, 0.3) is 56.7 Å². The maximum absolute atomic E-state index is 8.78. The van der Waals surface area contributed by atoms with Crippen LogP contribution in [0.3, 0.4) is 0 Å². The molecule has 8 bridgehead atoms. The first-order valence-corrected chi connectivity index (χ1v) is 9.98. The number of amides is 1. The number of fused-ring (bicyclic) bond motifs is 11. The molecular formula is C25H19N5O2. The van der Waals surface area contributed by atoms with Crippen molar-refractivity contribution in [2.45, 2.75) is 0 Å². The molecule has 1 amide bonds. The van der Waals surface area contributed by atoms with E-state index < -0.39 is 6.09 Å². The van der Waals surface area contributed by atoms with Crippen LogP contribution in [0.1, 0.15) is 11.4 Å². The third kappa shape index (κ3) is 3.99. The number of nitrogens with one attached hydrogen (secondary N) is 2. The van der Waals surface area contributed by atoms with Gasteiger partial charge < -0.3 is 20.8 Å². The van der Waals surface area contributed by atoms with Crippen molar-refractivity contribution in [3.8, 4) is 22.5 Å².